The first-order valence-corrected chi connectivity index (χ1v) is 7.69. The molecular formula is C17H22O5. The molecule has 2 fully saturated rings. The van der Waals surface area contributed by atoms with Crippen LogP contribution >= 0.6 is 0 Å². The highest BCUT2D eigenvalue weighted by Gasteiger charge is 2.53. The second kappa shape index (κ2) is 4.95. The Kier molecular flexibility index (Phi) is 3.44. The topological polar surface area (TPSA) is 72.8 Å². The third-order valence-corrected chi connectivity index (χ3v) is 5.29. The van der Waals surface area contributed by atoms with Crippen LogP contribution in [0.15, 0.2) is 23.3 Å². The maximum Gasteiger partial charge on any atom is 0.334 e. The van der Waals surface area contributed by atoms with E-state index in [0.717, 1.165) is 11.1 Å². The molecule has 1 N–H and O–H groups in total. The third kappa shape index (κ3) is 2.28. The minimum Gasteiger partial charge on any atom is -0.458 e. The van der Waals surface area contributed by atoms with Gasteiger partial charge in [-0.2, -0.15) is 0 Å². The molecule has 0 spiro atoms. The predicted molar refractivity (Wildman–Crippen MR) is 78.7 cm³/mol. The molecule has 1 saturated carbocycles. The molecule has 0 amide bonds. The lowest BCUT2D eigenvalue weighted by Gasteiger charge is -2.27. The van der Waals surface area contributed by atoms with E-state index < -0.39 is 5.60 Å². The van der Waals surface area contributed by atoms with Gasteiger partial charge < -0.3 is 14.6 Å². The maximum absolute atomic E-state index is 11.8. The van der Waals surface area contributed by atoms with Crippen molar-refractivity contribution >= 4 is 11.9 Å². The molecule has 1 heterocycles. The summed E-state index contributed by atoms with van der Waals surface area (Å²) in [5.74, 6) is -0.895. The molecular weight excluding hydrogens is 284 g/mol. The molecule has 5 heteroatoms. The van der Waals surface area contributed by atoms with E-state index in [0.29, 0.717) is 24.8 Å². The van der Waals surface area contributed by atoms with Crippen molar-refractivity contribution in [1.82, 2.24) is 0 Å². The first-order valence-electron chi connectivity index (χ1n) is 7.69. The largest absolute Gasteiger partial charge is 0.458 e. The summed E-state index contributed by atoms with van der Waals surface area (Å²) in [5.41, 5.74) is 1.57. The summed E-state index contributed by atoms with van der Waals surface area (Å²) in [5, 5.41) is 10.8. The lowest BCUT2D eigenvalue weighted by molar-refractivity contribution is -0.145. The molecule has 0 aromatic carbocycles. The molecule has 5 atom stereocenters. The average molecular weight is 306 g/mol. The van der Waals surface area contributed by atoms with Gasteiger partial charge in [0, 0.05) is 37.2 Å². The molecule has 0 aromatic rings. The molecule has 1 aliphatic heterocycles. The fourth-order valence-corrected chi connectivity index (χ4v) is 4.27. The van der Waals surface area contributed by atoms with Crippen LogP contribution in [0.4, 0.5) is 0 Å². The highest BCUT2D eigenvalue weighted by molar-refractivity contribution is 5.90. The van der Waals surface area contributed by atoms with Crippen molar-refractivity contribution in [3.63, 3.8) is 0 Å². The smallest absolute Gasteiger partial charge is 0.334 e. The molecule has 22 heavy (non-hydrogen) atoms. The van der Waals surface area contributed by atoms with E-state index in [1.54, 1.807) is 6.92 Å². The molecule has 1 saturated heterocycles. The van der Waals surface area contributed by atoms with Gasteiger partial charge in [0.25, 0.3) is 0 Å². The Labute approximate surface area is 130 Å². The quantitative estimate of drug-likeness (QED) is 0.455. The second-order valence-corrected chi connectivity index (χ2v) is 6.96. The van der Waals surface area contributed by atoms with Crippen molar-refractivity contribution in [3.8, 4) is 0 Å². The van der Waals surface area contributed by atoms with Crippen molar-refractivity contribution in [2.24, 2.45) is 11.8 Å². The van der Waals surface area contributed by atoms with Crippen LogP contribution in [-0.2, 0) is 19.1 Å². The van der Waals surface area contributed by atoms with E-state index in [1.807, 2.05) is 6.92 Å². The van der Waals surface area contributed by atoms with Crippen LogP contribution in [0.5, 0.6) is 0 Å². The minimum absolute atomic E-state index is 0.0764. The van der Waals surface area contributed by atoms with Gasteiger partial charge in [0.1, 0.15) is 12.2 Å². The van der Waals surface area contributed by atoms with E-state index in [1.165, 1.54) is 6.92 Å². The zero-order valence-corrected chi connectivity index (χ0v) is 13.2. The number of rotatable bonds is 1. The fraction of sp³-hybridized carbons (Fsp3) is 0.647. The van der Waals surface area contributed by atoms with Crippen LogP contribution < -0.4 is 0 Å². The summed E-state index contributed by atoms with van der Waals surface area (Å²) in [6, 6.07) is 0. The summed E-state index contributed by atoms with van der Waals surface area (Å²) >= 11 is 0. The molecule has 120 valence electrons. The molecule has 0 radical (unpaired) electrons. The summed E-state index contributed by atoms with van der Waals surface area (Å²) in [6.07, 6.45) is 0.997. The summed E-state index contributed by atoms with van der Waals surface area (Å²) in [7, 11) is 0. The van der Waals surface area contributed by atoms with Crippen LogP contribution in [0.2, 0.25) is 0 Å². The molecule has 3 aliphatic rings. The van der Waals surface area contributed by atoms with E-state index in [-0.39, 0.29) is 36.0 Å². The Morgan fingerprint density at radius 2 is 2.18 bits per heavy atom. The van der Waals surface area contributed by atoms with E-state index in [9.17, 15) is 14.7 Å². The Bertz CT molecular complexity index is 586. The van der Waals surface area contributed by atoms with Crippen molar-refractivity contribution in [2.75, 3.05) is 0 Å². The molecule has 0 bridgehead atoms. The van der Waals surface area contributed by atoms with Crippen molar-refractivity contribution in [2.45, 2.75) is 57.8 Å². The Morgan fingerprint density at radius 3 is 2.82 bits per heavy atom. The van der Waals surface area contributed by atoms with E-state index in [2.05, 4.69) is 6.58 Å². The zero-order chi connectivity index (χ0) is 16.2. The summed E-state index contributed by atoms with van der Waals surface area (Å²) in [4.78, 5) is 23.1. The number of esters is 2. The van der Waals surface area contributed by atoms with Gasteiger partial charge in [-0.15, -0.1) is 0 Å². The molecule has 2 aliphatic carbocycles. The van der Waals surface area contributed by atoms with Gasteiger partial charge in [-0.25, -0.2) is 4.79 Å². The Hall–Kier alpha value is -1.62. The van der Waals surface area contributed by atoms with Crippen molar-refractivity contribution < 1.29 is 24.2 Å². The number of hydrogen-bond donors (Lipinski definition) is 1. The van der Waals surface area contributed by atoms with Gasteiger partial charge in [0.05, 0.1) is 5.60 Å². The van der Waals surface area contributed by atoms with Gasteiger partial charge in [0.15, 0.2) is 0 Å². The SMILES string of the molecule is C=C1C(=O)O[C@@H]2CC(C)=C3[C@@H](OC(C)=O)C[C@@](C)(O)[C@@H]3C[C@H]12. The number of fused-ring (bicyclic) bond motifs is 2. The van der Waals surface area contributed by atoms with Crippen molar-refractivity contribution in [1.29, 1.82) is 0 Å². The number of ether oxygens (including phenoxy) is 2. The number of carbonyl (C=O) groups is 2. The standard InChI is InChI=1S/C17H22O5/c1-8-5-13-11(9(2)16(19)22-13)6-12-15(8)14(21-10(3)18)7-17(12,4)20/h11-14,20H,2,5-7H2,1,3-4H3/t11-,12-,13-,14+,17-/m1/s1. The van der Waals surface area contributed by atoms with E-state index >= 15 is 0 Å². The van der Waals surface area contributed by atoms with Crippen LogP contribution in [0.1, 0.15) is 40.0 Å². The molecule has 5 nitrogen and oxygen atoms in total. The monoisotopic (exact) mass is 306 g/mol. The molecule has 3 rings (SSSR count). The Morgan fingerprint density at radius 1 is 1.50 bits per heavy atom. The Balaban J connectivity index is 1.99. The number of carbonyl (C=O) groups excluding carboxylic acids is 2. The number of hydrogen-bond acceptors (Lipinski definition) is 5. The first-order chi connectivity index (χ1) is 10.2. The van der Waals surface area contributed by atoms with Gasteiger partial charge in [-0.1, -0.05) is 12.2 Å². The second-order valence-electron chi connectivity index (χ2n) is 6.96. The van der Waals surface area contributed by atoms with Crippen LogP contribution in [-0.4, -0.2) is 34.9 Å². The molecule has 0 aromatic heterocycles. The van der Waals surface area contributed by atoms with Gasteiger partial charge in [0.2, 0.25) is 0 Å². The van der Waals surface area contributed by atoms with Crippen LogP contribution in [0.3, 0.4) is 0 Å². The highest BCUT2D eigenvalue weighted by Crippen LogP contribution is 2.51. The van der Waals surface area contributed by atoms with Gasteiger partial charge >= 0.3 is 11.9 Å². The van der Waals surface area contributed by atoms with Crippen LogP contribution in [0, 0.1) is 11.8 Å². The lowest BCUT2D eigenvalue weighted by Crippen LogP contribution is -2.32. The van der Waals surface area contributed by atoms with Crippen molar-refractivity contribution in [3.05, 3.63) is 23.3 Å². The van der Waals surface area contributed by atoms with E-state index in [4.69, 9.17) is 9.47 Å². The highest BCUT2D eigenvalue weighted by atomic mass is 16.6. The summed E-state index contributed by atoms with van der Waals surface area (Å²) in [6.45, 7) is 8.98. The number of aliphatic hydroxyl groups is 1. The maximum atomic E-state index is 11.8. The normalized spacial score (nSPS) is 40.9. The predicted octanol–water partition coefficient (Wildman–Crippen LogP) is 1.90. The summed E-state index contributed by atoms with van der Waals surface area (Å²) < 4.78 is 10.8. The lowest BCUT2D eigenvalue weighted by atomic mass is 9.81. The third-order valence-electron chi connectivity index (χ3n) is 5.29. The zero-order valence-electron chi connectivity index (χ0n) is 13.2. The average Bonchev–Trinajstić information content (AvgIpc) is 2.71. The first kappa shape index (κ1) is 15.3. The van der Waals surface area contributed by atoms with Crippen LogP contribution in [0.25, 0.3) is 0 Å². The molecule has 0 unspecified atom stereocenters. The van der Waals surface area contributed by atoms with Gasteiger partial charge in [-0.3, -0.25) is 4.79 Å². The fourth-order valence-electron chi connectivity index (χ4n) is 4.27. The van der Waals surface area contributed by atoms with Gasteiger partial charge in [-0.05, 0) is 25.8 Å². The minimum atomic E-state index is -0.961.